The topological polar surface area (TPSA) is 105 Å². The lowest BCUT2D eigenvalue weighted by Crippen LogP contribution is -2.28. The number of hydrogen-bond acceptors (Lipinski definition) is 5. The third-order valence-electron chi connectivity index (χ3n) is 4.72. The second kappa shape index (κ2) is 7.05. The van der Waals surface area contributed by atoms with Crippen molar-refractivity contribution in [3.63, 3.8) is 0 Å². The van der Waals surface area contributed by atoms with E-state index in [-0.39, 0.29) is 18.2 Å². The highest BCUT2D eigenvalue weighted by Crippen LogP contribution is 2.30. The Morgan fingerprint density at radius 3 is 2.68 bits per heavy atom. The lowest BCUT2D eigenvalue weighted by Gasteiger charge is -2.16. The number of carbonyl (C=O) groups excluding carboxylic acids is 3. The van der Waals surface area contributed by atoms with E-state index in [0.717, 1.165) is 20.9 Å². The fraction of sp³-hybridized carbons (Fsp3) is 0.200. The molecule has 1 aliphatic rings. The van der Waals surface area contributed by atoms with Crippen molar-refractivity contribution in [3.05, 3.63) is 53.0 Å². The zero-order valence-electron chi connectivity index (χ0n) is 15.1. The number of nitrogens with two attached hydrogens (primary N) is 1. The average molecular weight is 394 g/mol. The number of primary amides is 1. The Kier molecular flexibility index (Phi) is 4.56. The monoisotopic (exact) mass is 394 g/mol. The van der Waals surface area contributed by atoms with Gasteiger partial charge in [0.25, 0.3) is 0 Å². The van der Waals surface area contributed by atoms with Gasteiger partial charge in [-0.25, -0.2) is 4.98 Å². The van der Waals surface area contributed by atoms with E-state index >= 15 is 0 Å². The zero-order chi connectivity index (χ0) is 19.8. The Morgan fingerprint density at radius 2 is 1.96 bits per heavy atom. The number of aromatic nitrogens is 1. The van der Waals surface area contributed by atoms with Crippen molar-refractivity contribution < 1.29 is 14.4 Å². The lowest BCUT2D eigenvalue weighted by atomic mass is 10.1. The summed E-state index contributed by atoms with van der Waals surface area (Å²) >= 11 is 1.61. The Labute approximate surface area is 165 Å². The molecule has 0 saturated carbocycles. The Bertz CT molecular complexity index is 1090. The first-order valence-corrected chi connectivity index (χ1v) is 9.60. The van der Waals surface area contributed by atoms with Crippen LogP contribution in [0.15, 0.2) is 42.5 Å². The summed E-state index contributed by atoms with van der Waals surface area (Å²) in [6.07, 6.45) is 0.152. The second-order valence-electron chi connectivity index (χ2n) is 6.72. The molecule has 0 radical (unpaired) electrons. The van der Waals surface area contributed by atoms with Gasteiger partial charge in [0.2, 0.25) is 17.7 Å². The van der Waals surface area contributed by atoms with Crippen LogP contribution < -0.4 is 16.0 Å². The van der Waals surface area contributed by atoms with Gasteiger partial charge in [0.1, 0.15) is 0 Å². The highest BCUT2D eigenvalue weighted by Gasteiger charge is 2.35. The van der Waals surface area contributed by atoms with Crippen molar-refractivity contribution >= 4 is 50.6 Å². The van der Waals surface area contributed by atoms with E-state index in [9.17, 15) is 14.4 Å². The van der Waals surface area contributed by atoms with Crippen molar-refractivity contribution in [1.82, 2.24) is 4.98 Å². The number of nitrogens with one attached hydrogen (secondary N) is 1. The number of anilines is 2. The lowest BCUT2D eigenvalue weighted by molar-refractivity contribution is -0.122. The molecule has 1 aromatic heterocycles. The number of hydrogen-bond donors (Lipinski definition) is 2. The molecular weight excluding hydrogens is 376 g/mol. The molecule has 2 heterocycles. The Hall–Kier alpha value is -3.26. The van der Waals surface area contributed by atoms with Gasteiger partial charge in [0, 0.05) is 29.9 Å². The minimum Gasteiger partial charge on any atom is -0.366 e. The maximum atomic E-state index is 12.6. The molecule has 28 heavy (non-hydrogen) atoms. The first-order valence-electron chi connectivity index (χ1n) is 8.79. The summed E-state index contributed by atoms with van der Waals surface area (Å²) in [6, 6.07) is 12.1. The van der Waals surface area contributed by atoms with Crippen molar-refractivity contribution in [2.45, 2.75) is 13.3 Å². The van der Waals surface area contributed by atoms with Crippen LogP contribution in [-0.4, -0.2) is 29.3 Å². The molecule has 3 N–H and O–H groups in total. The van der Waals surface area contributed by atoms with E-state index in [0.29, 0.717) is 17.8 Å². The molecule has 1 aliphatic heterocycles. The van der Waals surface area contributed by atoms with Gasteiger partial charge < -0.3 is 16.0 Å². The van der Waals surface area contributed by atoms with Gasteiger partial charge in [-0.15, -0.1) is 11.3 Å². The fourth-order valence-corrected chi connectivity index (χ4v) is 4.10. The Balaban J connectivity index is 1.47. The second-order valence-corrected chi connectivity index (χ2v) is 7.96. The van der Waals surface area contributed by atoms with Crippen LogP contribution in [0.4, 0.5) is 11.4 Å². The van der Waals surface area contributed by atoms with Crippen LogP contribution in [0.3, 0.4) is 0 Å². The molecule has 1 saturated heterocycles. The van der Waals surface area contributed by atoms with E-state index in [1.54, 1.807) is 40.5 Å². The molecule has 142 valence electrons. The van der Waals surface area contributed by atoms with Gasteiger partial charge in [-0.3, -0.25) is 14.4 Å². The minimum atomic E-state index is -0.526. The van der Waals surface area contributed by atoms with E-state index in [2.05, 4.69) is 10.3 Å². The van der Waals surface area contributed by atoms with Crippen LogP contribution in [0.2, 0.25) is 0 Å². The summed E-state index contributed by atoms with van der Waals surface area (Å²) in [7, 11) is 0. The van der Waals surface area contributed by atoms with Crippen LogP contribution in [0.25, 0.3) is 10.2 Å². The average Bonchev–Trinajstić information content (AvgIpc) is 3.23. The largest absolute Gasteiger partial charge is 0.366 e. The number of amides is 3. The number of fused-ring (bicyclic) bond motifs is 1. The smallest absolute Gasteiger partial charge is 0.248 e. The maximum Gasteiger partial charge on any atom is 0.248 e. The minimum absolute atomic E-state index is 0.0875. The summed E-state index contributed by atoms with van der Waals surface area (Å²) in [4.78, 5) is 42.3. The predicted octanol–water partition coefficient (Wildman–Crippen LogP) is 2.70. The summed E-state index contributed by atoms with van der Waals surface area (Å²) in [5, 5.41) is 3.77. The fourth-order valence-electron chi connectivity index (χ4n) is 3.29. The molecular formula is C20H18N4O3S. The van der Waals surface area contributed by atoms with Crippen LogP contribution in [0, 0.1) is 12.8 Å². The molecule has 0 aliphatic carbocycles. The molecule has 1 unspecified atom stereocenters. The van der Waals surface area contributed by atoms with E-state index in [1.165, 1.54) is 0 Å². The zero-order valence-corrected chi connectivity index (χ0v) is 16.0. The van der Waals surface area contributed by atoms with E-state index < -0.39 is 11.8 Å². The molecule has 3 aromatic rings. The van der Waals surface area contributed by atoms with Crippen molar-refractivity contribution in [2.24, 2.45) is 11.7 Å². The molecule has 3 amide bonds. The molecule has 7 nitrogen and oxygen atoms in total. The number of benzene rings is 2. The van der Waals surface area contributed by atoms with Crippen LogP contribution in [-0.2, 0) is 9.59 Å². The van der Waals surface area contributed by atoms with Gasteiger partial charge in [-0.1, -0.05) is 0 Å². The predicted molar refractivity (Wildman–Crippen MR) is 108 cm³/mol. The SMILES string of the molecule is Cc1nc2cc(N3CC(C(=O)Nc4ccc(C(N)=O)cc4)CC3=O)ccc2s1. The first kappa shape index (κ1) is 18.1. The number of thiazole rings is 1. The van der Waals surface area contributed by atoms with Crippen molar-refractivity contribution in [3.8, 4) is 0 Å². The summed E-state index contributed by atoms with van der Waals surface area (Å²) in [5.41, 5.74) is 7.75. The number of rotatable bonds is 4. The van der Waals surface area contributed by atoms with Crippen molar-refractivity contribution in [2.75, 3.05) is 16.8 Å². The maximum absolute atomic E-state index is 12.6. The van der Waals surface area contributed by atoms with Gasteiger partial charge in [-0.2, -0.15) is 0 Å². The molecule has 0 bridgehead atoms. The van der Waals surface area contributed by atoms with Crippen LogP contribution >= 0.6 is 11.3 Å². The number of aryl methyl sites for hydroxylation is 1. The van der Waals surface area contributed by atoms with Crippen LogP contribution in [0.1, 0.15) is 21.8 Å². The molecule has 1 fully saturated rings. The van der Waals surface area contributed by atoms with Gasteiger partial charge in [0.15, 0.2) is 0 Å². The third-order valence-corrected chi connectivity index (χ3v) is 5.67. The molecule has 8 heteroatoms. The third kappa shape index (κ3) is 3.46. The molecule has 0 spiro atoms. The summed E-state index contributed by atoms with van der Waals surface area (Å²) in [5.74, 6) is -1.29. The Morgan fingerprint density at radius 1 is 1.21 bits per heavy atom. The van der Waals surface area contributed by atoms with E-state index in [4.69, 9.17) is 5.73 Å². The first-order chi connectivity index (χ1) is 13.4. The van der Waals surface area contributed by atoms with Crippen molar-refractivity contribution in [1.29, 1.82) is 0 Å². The van der Waals surface area contributed by atoms with Gasteiger partial charge in [0.05, 0.1) is 21.1 Å². The summed E-state index contributed by atoms with van der Waals surface area (Å²) in [6.45, 7) is 2.26. The highest BCUT2D eigenvalue weighted by molar-refractivity contribution is 7.18. The van der Waals surface area contributed by atoms with Crippen LogP contribution in [0.5, 0.6) is 0 Å². The standard InChI is InChI=1S/C20H18N4O3S/c1-11-22-16-9-15(6-7-17(16)28-11)24-10-13(8-18(24)25)20(27)23-14-4-2-12(3-5-14)19(21)26/h2-7,9,13H,8,10H2,1H3,(H2,21,26)(H,23,27). The van der Waals surface area contributed by atoms with Gasteiger partial charge in [-0.05, 0) is 49.4 Å². The molecule has 4 rings (SSSR count). The van der Waals surface area contributed by atoms with Gasteiger partial charge >= 0.3 is 0 Å². The molecule has 2 aromatic carbocycles. The number of carbonyl (C=O) groups is 3. The summed E-state index contributed by atoms with van der Waals surface area (Å²) < 4.78 is 1.07. The normalized spacial score (nSPS) is 16.5. The quantitative estimate of drug-likeness (QED) is 0.710. The van der Waals surface area contributed by atoms with E-state index in [1.807, 2.05) is 25.1 Å². The molecule has 1 atom stereocenters. The highest BCUT2D eigenvalue weighted by atomic mass is 32.1. The number of nitrogens with zero attached hydrogens (tertiary/aromatic N) is 2.